The van der Waals surface area contributed by atoms with Crippen molar-refractivity contribution in [3.63, 3.8) is 0 Å². The van der Waals surface area contributed by atoms with Crippen LogP contribution in [0.1, 0.15) is 49.8 Å². The lowest BCUT2D eigenvalue weighted by molar-refractivity contribution is 0.130. The highest BCUT2D eigenvalue weighted by molar-refractivity contribution is 5.93. The Hall–Kier alpha value is -3.86. The van der Waals surface area contributed by atoms with E-state index >= 15 is 0 Å². The molecule has 8 heteroatoms. The fraction of sp³-hybridized carbons (Fsp3) is 0.385. The lowest BCUT2D eigenvalue weighted by atomic mass is 9.92. The fourth-order valence-corrected chi connectivity index (χ4v) is 4.80. The lowest BCUT2D eigenvalue weighted by Crippen LogP contribution is -2.26. The van der Waals surface area contributed by atoms with Gasteiger partial charge in [-0.2, -0.15) is 15.5 Å². The molecule has 1 fully saturated rings. The van der Waals surface area contributed by atoms with Crippen molar-refractivity contribution in [3.05, 3.63) is 54.0 Å². The Labute approximate surface area is 199 Å². The van der Waals surface area contributed by atoms with E-state index in [0.717, 1.165) is 71.5 Å². The molecule has 0 amide bonds. The SMILES string of the molecule is CCNc1cc2c(cn1)c(-c1cnn(C)c1)nn2C1CCC(Oc2cccc(C#N)c2C)CC1. The normalized spacial score (nSPS) is 18.1. The van der Waals surface area contributed by atoms with Crippen molar-refractivity contribution in [1.82, 2.24) is 24.5 Å². The highest BCUT2D eigenvalue weighted by Gasteiger charge is 2.27. The summed E-state index contributed by atoms with van der Waals surface area (Å²) in [4.78, 5) is 4.59. The summed E-state index contributed by atoms with van der Waals surface area (Å²) in [6.07, 6.45) is 9.74. The van der Waals surface area contributed by atoms with Crippen molar-refractivity contribution in [1.29, 1.82) is 5.26 Å². The minimum Gasteiger partial charge on any atom is -0.490 e. The van der Waals surface area contributed by atoms with Gasteiger partial charge in [-0.3, -0.25) is 9.36 Å². The number of ether oxygens (including phenoxy) is 1. The second-order valence-corrected chi connectivity index (χ2v) is 8.90. The van der Waals surface area contributed by atoms with E-state index in [1.165, 1.54) is 0 Å². The van der Waals surface area contributed by atoms with E-state index in [9.17, 15) is 5.26 Å². The predicted molar refractivity (Wildman–Crippen MR) is 132 cm³/mol. The Morgan fingerprint density at radius 3 is 2.74 bits per heavy atom. The molecule has 3 aromatic heterocycles. The molecule has 0 aliphatic heterocycles. The molecule has 1 aliphatic carbocycles. The van der Waals surface area contributed by atoms with E-state index in [0.29, 0.717) is 5.56 Å². The molecule has 8 nitrogen and oxygen atoms in total. The summed E-state index contributed by atoms with van der Waals surface area (Å²) in [7, 11) is 1.92. The maximum Gasteiger partial charge on any atom is 0.128 e. The van der Waals surface area contributed by atoms with Gasteiger partial charge >= 0.3 is 0 Å². The van der Waals surface area contributed by atoms with Crippen LogP contribution in [0.5, 0.6) is 5.75 Å². The third-order valence-corrected chi connectivity index (χ3v) is 6.62. The summed E-state index contributed by atoms with van der Waals surface area (Å²) in [5.74, 6) is 1.67. The number of hydrogen-bond acceptors (Lipinski definition) is 6. The second-order valence-electron chi connectivity index (χ2n) is 8.90. The number of nitriles is 1. The minimum absolute atomic E-state index is 0.141. The van der Waals surface area contributed by atoms with Crippen LogP contribution in [-0.4, -0.2) is 37.2 Å². The van der Waals surface area contributed by atoms with Gasteiger partial charge in [0.1, 0.15) is 17.3 Å². The summed E-state index contributed by atoms with van der Waals surface area (Å²) >= 11 is 0. The first-order valence-corrected chi connectivity index (χ1v) is 11.8. The van der Waals surface area contributed by atoms with Crippen LogP contribution < -0.4 is 10.1 Å². The number of fused-ring (bicyclic) bond motifs is 1. The van der Waals surface area contributed by atoms with E-state index in [1.807, 2.05) is 50.8 Å². The number of aromatic nitrogens is 5. The van der Waals surface area contributed by atoms with Gasteiger partial charge in [0, 0.05) is 48.6 Å². The largest absolute Gasteiger partial charge is 0.490 e. The molecule has 0 saturated heterocycles. The van der Waals surface area contributed by atoms with Crippen molar-refractivity contribution >= 4 is 16.7 Å². The van der Waals surface area contributed by atoms with Gasteiger partial charge in [-0.1, -0.05) is 6.07 Å². The molecule has 1 aliphatic rings. The summed E-state index contributed by atoms with van der Waals surface area (Å²) in [6.45, 7) is 4.84. The zero-order valence-corrected chi connectivity index (χ0v) is 19.8. The van der Waals surface area contributed by atoms with Crippen LogP contribution in [-0.2, 0) is 7.05 Å². The van der Waals surface area contributed by atoms with Gasteiger partial charge in [-0.05, 0) is 51.7 Å². The van der Waals surface area contributed by atoms with Gasteiger partial charge < -0.3 is 10.1 Å². The van der Waals surface area contributed by atoms with E-state index in [1.54, 1.807) is 4.68 Å². The van der Waals surface area contributed by atoms with Crippen molar-refractivity contribution in [2.75, 3.05) is 11.9 Å². The Bertz CT molecular complexity index is 1360. The molecule has 0 spiro atoms. The van der Waals surface area contributed by atoms with E-state index in [-0.39, 0.29) is 12.1 Å². The Kier molecular flexibility index (Phi) is 5.93. The topological polar surface area (TPSA) is 93.6 Å². The number of aryl methyl sites for hydroxylation is 1. The maximum absolute atomic E-state index is 9.31. The van der Waals surface area contributed by atoms with Crippen LogP contribution >= 0.6 is 0 Å². The molecule has 174 valence electrons. The number of nitrogens with zero attached hydrogens (tertiary/aromatic N) is 6. The average molecular weight is 456 g/mol. The fourth-order valence-electron chi connectivity index (χ4n) is 4.80. The van der Waals surface area contributed by atoms with Gasteiger partial charge in [0.2, 0.25) is 0 Å². The first-order valence-electron chi connectivity index (χ1n) is 11.8. The zero-order chi connectivity index (χ0) is 23.7. The number of nitrogens with one attached hydrogen (secondary N) is 1. The molecule has 3 heterocycles. The second kappa shape index (κ2) is 9.18. The Morgan fingerprint density at radius 1 is 1.21 bits per heavy atom. The van der Waals surface area contributed by atoms with Gasteiger partial charge in [0.15, 0.2) is 0 Å². The quantitative estimate of drug-likeness (QED) is 0.439. The first-order chi connectivity index (χ1) is 16.6. The highest BCUT2D eigenvalue weighted by atomic mass is 16.5. The van der Waals surface area contributed by atoms with E-state index in [4.69, 9.17) is 9.84 Å². The van der Waals surface area contributed by atoms with Crippen molar-refractivity contribution in [3.8, 4) is 23.1 Å². The van der Waals surface area contributed by atoms with Gasteiger partial charge in [0.05, 0.1) is 35.5 Å². The molecule has 1 N–H and O–H groups in total. The van der Waals surface area contributed by atoms with Crippen LogP contribution in [0.4, 0.5) is 5.82 Å². The summed E-state index contributed by atoms with van der Waals surface area (Å²) in [5, 5.41) is 23.1. The molecule has 4 aromatic rings. The van der Waals surface area contributed by atoms with Crippen LogP contribution in [0, 0.1) is 18.3 Å². The van der Waals surface area contributed by atoms with E-state index < -0.39 is 0 Å². The highest BCUT2D eigenvalue weighted by Crippen LogP contribution is 2.37. The van der Waals surface area contributed by atoms with Gasteiger partial charge in [-0.25, -0.2) is 4.98 Å². The molecule has 5 rings (SSSR count). The minimum atomic E-state index is 0.141. The van der Waals surface area contributed by atoms with Crippen molar-refractivity contribution in [2.45, 2.75) is 51.7 Å². The van der Waals surface area contributed by atoms with Crippen LogP contribution in [0.15, 0.2) is 42.9 Å². The predicted octanol–water partition coefficient (Wildman–Crippen LogP) is 5.01. The summed E-state index contributed by atoms with van der Waals surface area (Å²) < 4.78 is 10.3. The summed E-state index contributed by atoms with van der Waals surface area (Å²) in [6, 6.07) is 10.3. The van der Waals surface area contributed by atoms with Crippen LogP contribution in [0.2, 0.25) is 0 Å². The monoisotopic (exact) mass is 455 g/mol. The maximum atomic E-state index is 9.31. The molecular formula is C26H29N7O. The van der Waals surface area contributed by atoms with E-state index in [2.05, 4.69) is 39.1 Å². The summed E-state index contributed by atoms with van der Waals surface area (Å²) in [5.41, 5.74) is 4.58. The molecule has 1 aromatic carbocycles. The molecule has 0 atom stereocenters. The Morgan fingerprint density at radius 2 is 2.03 bits per heavy atom. The third-order valence-electron chi connectivity index (χ3n) is 6.62. The van der Waals surface area contributed by atoms with Gasteiger partial charge in [-0.15, -0.1) is 0 Å². The van der Waals surface area contributed by atoms with Crippen LogP contribution in [0.25, 0.3) is 22.2 Å². The smallest absolute Gasteiger partial charge is 0.128 e. The number of anilines is 1. The molecule has 0 unspecified atom stereocenters. The number of rotatable bonds is 6. The molecular weight excluding hydrogens is 426 g/mol. The first kappa shape index (κ1) is 22.0. The zero-order valence-electron chi connectivity index (χ0n) is 19.8. The molecule has 1 saturated carbocycles. The third kappa shape index (κ3) is 4.10. The van der Waals surface area contributed by atoms with Crippen molar-refractivity contribution < 1.29 is 4.74 Å². The van der Waals surface area contributed by atoms with Crippen LogP contribution in [0.3, 0.4) is 0 Å². The molecule has 0 radical (unpaired) electrons. The number of hydrogen-bond donors (Lipinski definition) is 1. The Balaban J connectivity index is 1.40. The standard InChI is InChI=1S/C26H29N7O/c1-4-28-25-12-23-22(15-29-25)26(19-14-30-32(3)16-19)31-33(23)20-8-10-21(11-9-20)34-24-7-5-6-18(13-27)17(24)2/h5-7,12,14-16,20-21H,4,8-11H2,1-3H3,(H,28,29). The lowest BCUT2D eigenvalue weighted by Gasteiger charge is -2.30. The number of pyridine rings is 1. The average Bonchev–Trinajstić information content (AvgIpc) is 3.44. The molecule has 34 heavy (non-hydrogen) atoms. The van der Waals surface area contributed by atoms with Crippen molar-refractivity contribution in [2.24, 2.45) is 7.05 Å². The number of benzene rings is 1. The van der Waals surface area contributed by atoms with Gasteiger partial charge in [0.25, 0.3) is 0 Å². The molecule has 0 bridgehead atoms.